The van der Waals surface area contributed by atoms with E-state index in [-0.39, 0.29) is 24.3 Å². The minimum absolute atomic E-state index is 0.111. The number of nitrogens with zero attached hydrogens (tertiary/aromatic N) is 3. The fourth-order valence-corrected chi connectivity index (χ4v) is 2.60. The Kier molecular flexibility index (Phi) is 6.36. The molecule has 0 fully saturated rings. The molecule has 3 rings (SSSR count). The van der Waals surface area contributed by atoms with Gasteiger partial charge in [-0.25, -0.2) is 4.98 Å². The molecule has 0 saturated heterocycles. The summed E-state index contributed by atoms with van der Waals surface area (Å²) >= 11 is 0. The zero-order chi connectivity index (χ0) is 21.7. The largest absolute Gasteiger partial charge is 0.573 e. The van der Waals surface area contributed by atoms with Crippen molar-refractivity contribution in [1.29, 1.82) is 0 Å². The minimum atomic E-state index is -4.75. The maximum absolute atomic E-state index is 12.4. The fraction of sp³-hybridized carbons (Fsp3) is 0.250. The Morgan fingerprint density at radius 3 is 2.53 bits per heavy atom. The van der Waals surface area contributed by atoms with Crippen LogP contribution in [0.3, 0.4) is 0 Å². The first kappa shape index (κ1) is 21.3. The van der Waals surface area contributed by atoms with Crippen LogP contribution in [0.25, 0.3) is 11.4 Å². The predicted molar refractivity (Wildman–Crippen MR) is 107 cm³/mol. The van der Waals surface area contributed by atoms with Crippen molar-refractivity contribution in [3.05, 3.63) is 54.2 Å². The van der Waals surface area contributed by atoms with Crippen molar-refractivity contribution >= 4 is 17.5 Å². The van der Waals surface area contributed by atoms with Crippen molar-refractivity contribution < 1.29 is 23.0 Å². The van der Waals surface area contributed by atoms with Gasteiger partial charge in [0.2, 0.25) is 5.95 Å². The first-order valence-corrected chi connectivity index (χ1v) is 9.05. The lowest BCUT2D eigenvalue weighted by Gasteiger charge is -2.15. The number of aromatic nitrogens is 3. The van der Waals surface area contributed by atoms with Crippen molar-refractivity contribution in [2.24, 2.45) is 0 Å². The Morgan fingerprint density at radius 2 is 1.90 bits per heavy atom. The Morgan fingerprint density at radius 1 is 1.10 bits per heavy atom. The third-order valence-electron chi connectivity index (χ3n) is 4.00. The molecule has 158 valence electrons. The molecule has 2 heterocycles. The standard InChI is InChI=1S/C20H20F3N5O2/c1-12-9-14(30-20(21,22)23)6-7-15(12)26-18-10-17(16-5-3-4-8-24-16)27-19(28-18)25-13(2)11-29/h3-10,13,29H,11H2,1-2H3,(H2,25,26,27,28)/t13-/m1/s1. The number of nitrogens with one attached hydrogen (secondary N) is 2. The first-order chi connectivity index (χ1) is 14.2. The molecule has 1 atom stereocenters. The summed E-state index contributed by atoms with van der Waals surface area (Å²) in [5.41, 5.74) is 2.24. The molecule has 0 spiro atoms. The van der Waals surface area contributed by atoms with E-state index >= 15 is 0 Å². The van der Waals surface area contributed by atoms with E-state index in [9.17, 15) is 18.3 Å². The highest BCUT2D eigenvalue weighted by molar-refractivity contribution is 5.67. The molecular weight excluding hydrogens is 399 g/mol. The number of hydrogen-bond donors (Lipinski definition) is 3. The number of anilines is 3. The zero-order valence-corrected chi connectivity index (χ0v) is 16.2. The molecular formula is C20H20F3N5O2. The maximum Gasteiger partial charge on any atom is 0.573 e. The highest BCUT2D eigenvalue weighted by Gasteiger charge is 2.31. The van der Waals surface area contributed by atoms with Crippen LogP contribution in [-0.4, -0.2) is 39.1 Å². The van der Waals surface area contributed by atoms with Crippen LogP contribution >= 0.6 is 0 Å². The van der Waals surface area contributed by atoms with Crippen LogP contribution in [0.5, 0.6) is 5.75 Å². The first-order valence-electron chi connectivity index (χ1n) is 9.05. The van der Waals surface area contributed by atoms with Gasteiger partial charge >= 0.3 is 6.36 Å². The summed E-state index contributed by atoms with van der Waals surface area (Å²) in [6.07, 6.45) is -3.12. The van der Waals surface area contributed by atoms with Crippen LogP contribution in [-0.2, 0) is 0 Å². The second-order valence-electron chi connectivity index (χ2n) is 6.55. The summed E-state index contributed by atoms with van der Waals surface area (Å²) in [4.78, 5) is 13.1. The quantitative estimate of drug-likeness (QED) is 0.526. The maximum atomic E-state index is 12.4. The monoisotopic (exact) mass is 419 g/mol. The van der Waals surface area contributed by atoms with Crippen LogP contribution in [0.2, 0.25) is 0 Å². The predicted octanol–water partition coefficient (Wildman–Crippen LogP) is 4.28. The van der Waals surface area contributed by atoms with Crippen LogP contribution in [0.4, 0.5) is 30.6 Å². The topological polar surface area (TPSA) is 92.2 Å². The van der Waals surface area contributed by atoms with Gasteiger partial charge in [0.1, 0.15) is 11.6 Å². The van der Waals surface area contributed by atoms with Gasteiger partial charge in [-0.15, -0.1) is 13.2 Å². The lowest BCUT2D eigenvalue weighted by Crippen LogP contribution is -2.21. The molecule has 0 bridgehead atoms. The average Bonchev–Trinajstić information content (AvgIpc) is 2.69. The normalized spacial score (nSPS) is 12.3. The molecule has 7 nitrogen and oxygen atoms in total. The van der Waals surface area contributed by atoms with Gasteiger partial charge in [0.05, 0.1) is 18.0 Å². The molecule has 10 heteroatoms. The van der Waals surface area contributed by atoms with Crippen LogP contribution in [0.1, 0.15) is 12.5 Å². The number of alkyl halides is 3. The van der Waals surface area contributed by atoms with E-state index in [1.54, 1.807) is 38.2 Å². The SMILES string of the molecule is Cc1cc(OC(F)(F)F)ccc1Nc1cc(-c2ccccn2)nc(N[C@H](C)CO)n1. The van der Waals surface area contributed by atoms with E-state index in [0.29, 0.717) is 28.5 Å². The number of benzene rings is 1. The van der Waals surface area contributed by atoms with Crippen molar-refractivity contribution in [3.63, 3.8) is 0 Å². The second-order valence-corrected chi connectivity index (χ2v) is 6.55. The summed E-state index contributed by atoms with van der Waals surface area (Å²) in [7, 11) is 0. The molecule has 1 aromatic carbocycles. The molecule has 2 aromatic heterocycles. The molecule has 0 aliphatic heterocycles. The highest BCUT2D eigenvalue weighted by Crippen LogP contribution is 2.29. The molecule has 0 radical (unpaired) electrons. The number of ether oxygens (including phenoxy) is 1. The van der Waals surface area contributed by atoms with Crippen LogP contribution in [0, 0.1) is 6.92 Å². The number of aliphatic hydroxyl groups is 1. The zero-order valence-electron chi connectivity index (χ0n) is 16.2. The number of pyridine rings is 1. The Bertz CT molecular complexity index is 999. The van der Waals surface area contributed by atoms with Gasteiger partial charge in [0, 0.05) is 24.0 Å². The summed E-state index contributed by atoms with van der Waals surface area (Å²) in [5, 5.41) is 15.4. The smallest absolute Gasteiger partial charge is 0.406 e. The number of aryl methyl sites for hydroxylation is 1. The van der Waals surface area contributed by atoms with Gasteiger partial charge in [-0.05, 0) is 49.7 Å². The minimum Gasteiger partial charge on any atom is -0.406 e. The number of rotatable bonds is 7. The summed E-state index contributed by atoms with van der Waals surface area (Å²) in [5.74, 6) is 0.379. The van der Waals surface area contributed by atoms with Crippen molar-refractivity contribution in [1.82, 2.24) is 15.0 Å². The molecule has 0 amide bonds. The van der Waals surface area contributed by atoms with Gasteiger partial charge in [-0.3, -0.25) is 4.98 Å². The number of halogens is 3. The third kappa shape index (κ3) is 5.80. The molecule has 3 aromatic rings. The van der Waals surface area contributed by atoms with Crippen molar-refractivity contribution in [2.75, 3.05) is 17.2 Å². The average molecular weight is 419 g/mol. The highest BCUT2D eigenvalue weighted by atomic mass is 19.4. The van der Waals surface area contributed by atoms with E-state index in [4.69, 9.17) is 0 Å². The summed E-state index contributed by atoms with van der Waals surface area (Å²) in [6.45, 7) is 3.31. The Labute approximate surface area is 171 Å². The number of hydrogen-bond acceptors (Lipinski definition) is 7. The van der Waals surface area contributed by atoms with E-state index in [2.05, 4.69) is 30.3 Å². The fourth-order valence-electron chi connectivity index (χ4n) is 2.60. The molecule has 0 saturated carbocycles. The Hall–Kier alpha value is -3.40. The Balaban J connectivity index is 1.92. The van der Waals surface area contributed by atoms with Gasteiger partial charge in [-0.2, -0.15) is 4.98 Å². The van der Waals surface area contributed by atoms with E-state index in [1.807, 2.05) is 6.07 Å². The molecule has 30 heavy (non-hydrogen) atoms. The summed E-state index contributed by atoms with van der Waals surface area (Å²) < 4.78 is 41.2. The lowest BCUT2D eigenvalue weighted by atomic mass is 10.2. The van der Waals surface area contributed by atoms with Gasteiger partial charge in [0.15, 0.2) is 0 Å². The van der Waals surface area contributed by atoms with E-state index in [0.717, 1.165) is 0 Å². The van der Waals surface area contributed by atoms with Gasteiger partial charge in [0.25, 0.3) is 0 Å². The van der Waals surface area contributed by atoms with Crippen LogP contribution < -0.4 is 15.4 Å². The molecule has 3 N–H and O–H groups in total. The van der Waals surface area contributed by atoms with E-state index in [1.165, 1.54) is 18.2 Å². The van der Waals surface area contributed by atoms with Crippen LogP contribution in [0.15, 0.2) is 48.7 Å². The van der Waals surface area contributed by atoms with Crippen molar-refractivity contribution in [3.8, 4) is 17.1 Å². The molecule has 0 aliphatic rings. The van der Waals surface area contributed by atoms with Crippen molar-refractivity contribution in [2.45, 2.75) is 26.3 Å². The van der Waals surface area contributed by atoms with E-state index < -0.39 is 6.36 Å². The van der Waals surface area contributed by atoms with Gasteiger partial charge < -0.3 is 20.5 Å². The molecule has 0 aliphatic carbocycles. The van der Waals surface area contributed by atoms with Gasteiger partial charge in [-0.1, -0.05) is 6.07 Å². The number of aliphatic hydroxyl groups excluding tert-OH is 1. The lowest BCUT2D eigenvalue weighted by molar-refractivity contribution is -0.274. The summed E-state index contributed by atoms with van der Waals surface area (Å²) in [6, 6.07) is 10.8. The third-order valence-corrected chi connectivity index (χ3v) is 4.00. The molecule has 0 unspecified atom stereocenters. The second kappa shape index (κ2) is 8.95.